The van der Waals surface area contributed by atoms with E-state index in [4.69, 9.17) is 4.74 Å². The Morgan fingerprint density at radius 3 is 2.72 bits per heavy atom. The minimum absolute atomic E-state index is 0.0863. The van der Waals surface area contributed by atoms with Gasteiger partial charge in [-0.25, -0.2) is 0 Å². The van der Waals surface area contributed by atoms with Crippen molar-refractivity contribution >= 4 is 17.5 Å². The van der Waals surface area contributed by atoms with Crippen molar-refractivity contribution in [2.75, 3.05) is 26.3 Å². The maximum absolute atomic E-state index is 12.6. The van der Waals surface area contributed by atoms with E-state index in [-0.39, 0.29) is 11.5 Å². The fourth-order valence-corrected chi connectivity index (χ4v) is 4.73. The Kier molecular flexibility index (Phi) is 5.82. The minimum atomic E-state index is -0.281. The quantitative estimate of drug-likeness (QED) is 0.789. The van der Waals surface area contributed by atoms with Crippen molar-refractivity contribution in [3.05, 3.63) is 53.0 Å². The van der Waals surface area contributed by atoms with Crippen LogP contribution in [-0.4, -0.2) is 42.5 Å². The lowest BCUT2D eigenvalue weighted by molar-refractivity contribution is -0.125. The highest BCUT2D eigenvalue weighted by Gasteiger charge is 2.42. The molecular formula is C21H27NO2S. The molecule has 1 fully saturated rings. The Morgan fingerprint density at radius 1 is 1.32 bits per heavy atom. The Balaban J connectivity index is 1.91. The maximum Gasteiger partial charge on any atom is 0.141 e. The van der Waals surface area contributed by atoms with E-state index in [1.807, 2.05) is 6.92 Å². The normalized spacial score (nSPS) is 27.2. The van der Waals surface area contributed by atoms with E-state index in [0.29, 0.717) is 12.2 Å². The average Bonchev–Trinajstić information content (AvgIpc) is 2.64. The first-order valence-corrected chi connectivity index (χ1v) is 9.86. The van der Waals surface area contributed by atoms with Crippen LogP contribution in [0.4, 0.5) is 0 Å². The largest absolute Gasteiger partial charge is 0.379 e. The molecular weight excluding hydrogens is 330 g/mol. The zero-order chi connectivity index (χ0) is 17.9. The van der Waals surface area contributed by atoms with Crippen LogP contribution in [0.2, 0.25) is 0 Å². The molecule has 0 saturated carbocycles. The number of morpholine rings is 1. The zero-order valence-corrected chi connectivity index (χ0v) is 16.1. The molecule has 134 valence electrons. The van der Waals surface area contributed by atoms with Crippen LogP contribution in [0.1, 0.15) is 25.8 Å². The second kappa shape index (κ2) is 7.90. The van der Waals surface area contributed by atoms with Crippen molar-refractivity contribution < 1.29 is 9.53 Å². The molecule has 0 bridgehead atoms. The minimum Gasteiger partial charge on any atom is -0.379 e. The van der Waals surface area contributed by atoms with Crippen molar-refractivity contribution in [1.29, 1.82) is 0 Å². The van der Waals surface area contributed by atoms with Crippen molar-refractivity contribution in [1.82, 2.24) is 4.90 Å². The molecule has 3 nitrogen and oxygen atoms in total. The number of nitrogens with zero attached hydrogens (tertiary/aromatic N) is 1. The standard InChI is InChI=1S/C21H27NO2S/c1-4-19(23)18-10-9-17(25-20-8-6-5-7-16(20)2)15-21(18,3)22-11-13-24-14-12-22/h5-10,15,18H,4,11-14H2,1-3H3. The molecule has 1 aromatic rings. The van der Waals surface area contributed by atoms with Gasteiger partial charge in [0.2, 0.25) is 0 Å². The van der Waals surface area contributed by atoms with Crippen LogP contribution < -0.4 is 0 Å². The van der Waals surface area contributed by atoms with Crippen LogP contribution in [-0.2, 0) is 9.53 Å². The Hall–Kier alpha value is -1.36. The summed E-state index contributed by atoms with van der Waals surface area (Å²) in [5.74, 6) is 0.221. The summed E-state index contributed by atoms with van der Waals surface area (Å²) >= 11 is 1.78. The third-order valence-corrected chi connectivity index (χ3v) is 6.39. The van der Waals surface area contributed by atoms with Gasteiger partial charge in [-0.15, -0.1) is 0 Å². The highest BCUT2D eigenvalue weighted by molar-refractivity contribution is 8.03. The number of ether oxygens (including phenoxy) is 1. The van der Waals surface area contributed by atoms with Crippen molar-refractivity contribution in [2.24, 2.45) is 5.92 Å². The number of rotatable bonds is 5. The predicted molar refractivity (Wildman–Crippen MR) is 104 cm³/mol. The highest BCUT2D eigenvalue weighted by atomic mass is 32.2. The van der Waals surface area contributed by atoms with Gasteiger partial charge < -0.3 is 4.74 Å². The number of allylic oxidation sites excluding steroid dienone is 1. The molecule has 1 aromatic carbocycles. The number of ketones is 1. The van der Waals surface area contributed by atoms with Crippen LogP contribution in [0.5, 0.6) is 0 Å². The van der Waals surface area contributed by atoms with Gasteiger partial charge in [0, 0.05) is 29.3 Å². The third-order valence-electron chi connectivity index (χ3n) is 5.23. The second-order valence-electron chi connectivity index (χ2n) is 6.90. The summed E-state index contributed by atoms with van der Waals surface area (Å²) in [6.07, 6.45) is 7.11. The van der Waals surface area contributed by atoms with Gasteiger partial charge in [-0.3, -0.25) is 9.69 Å². The van der Waals surface area contributed by atoms with Gasteiger partial charge in [-0.1, -0.05) is 49.0 Å². The van der Waals surface area contributed by atoms with Gasteiger partial charge in [0.05, 0.1) is 24.7 Å². The molecule has 25 heavy (non-hydrogen) atoms. The van der Waals surface area contributed by atoms with E-state index >= 15 is 0 Å². The fraction of sp³-hybridized carbons (Fsp3) is 0.476. The summed E-state index contributed by atoms with van der Waals surface area (Å²) in [6.45, 7) is 9.52. The molecule has 1 aliphatic heterocycles. The molecule has 1 aliphatic carbocycles. The van der Waals surface area contributed by atoms with Gasteiger partial charge in [0.15, 0.2) is 0 Å². The van der Waals surface area contributed by atoms with Crippen LogP contribution in [0.15, 0.2) is 52.3 Å². The lowest BCUT2D eigenvalue weighted by Gasteiger charge is -2.46. The number of benzene rings is 1. The monoisotopic (exact) mass is 357 g/mol. The fourth-order valence-electron chi connectivity index (χ4n) is 3.66. The number of hydrogen-bond acceptors (Lipinski definition) is 4. The maximum atomic E-state index is 12.6. The molecule has 0 aromatic heterocycles. The lowest BCUT2D eigenvalue weighted by Crippen LogP contribution is -2.56. The predicted octanol–water partition coefficient (Wildman–Crippen LogP) is 4.23. The number of carbonyl (C=O) groups excluding carboxylic acids is 1. The molecule has 2 unspecified atom stereocenters. The topological polar surface area (TPSA) is 29.5 Å². The van der Waals surface area contributed by atoms with E-state index < -0.39 is 0 Å². The van der Waals surface area contributed by atoms with Crippen LogP contribution >= 0.6 is 11.8 Å². The first-order valence-electron chi connectivity index (χ1n) is 9.04. The van der Waals surface area contributed by atoms with Gasteiger partial charge in [-0.2, -0.15) is 0 Å². The molecule has 4 heteroatoms. The van der Waals surface area contributed by atoms with Gasteiger partial charge in [-0.05, 0) is 31.6 Å². The van der Waals surface area contributed by atoms with E-state index in [2.05, 4.69) is 61.2 Å². The van der Waals surface area contributed by atoms with E-state index in [0.717, 1.165) is 26.3 Å². The number of Topliss-reactive ketones (excluding diaryl/α,β-unsaturated/α-hetero) is 1. The van der Waals surface area contributed by atoms with Crippen LogP contribution in [0.25, 0.3) is 0 Å². The van der Waals surface area contributed by atoms with Gasteiger partial charge in [0.25, 0.3) is 0 Å². The Morgan fingerprint density at radius 2 is 2.04 bits per heavy atom. The summed E-state index contributed by atoms with van der Waals surface area (Å²) in [5.41, 5.74) is 0.998. The Labute approximate surface area is 155 Å². The molecule has 0 spiro atoms. The second-order valence-corrected chi connectivity index (χ2v) is 8.01. The van der Waals surface area contributed by atoms with Gasteiger partial charge >= 0.3 is 0 Å². The van der Waals surface area contributed by atoms with Gasteiger partial charge in [0.1, 0.15) is 5.78 Å². The van der Waals surface area contributed by atoms with Crippen LogP contribution in [0, 0.1) is 12.8 Å². The van der Waals surface area contributed by atoms with E-state index in [1.54, 1.807) is 11.8 Å². The lowest BCUT2D eigenvalue weighted by atomic mass is 9.77. The molecule has 0 N–H and O–H groups in total. The first kappa shape index (κ1) is 18.4. The van der Waals surface area contributed by atoms with Crippen molar-refractivity contribution in [3.63, 3.8) is 0 Å². The molecule has 3 rings (SSSR count). The molecule has 1 saturated heterocycles. The summed E-state index contributed by atoms with van der Waals surface area (Å²) in [4.78, 5) is 17.5. The van der Waals surface area contributed by atoms with E-state index in [9.17, 15) is 4.79 Å². The number of carbonyl (C=O) groups is 1. The molecule has 0 radical (unpaired) electrons. The van der Waals surface area contributed by atoms with Crippen LogP contribution in [0.3, 0.4) is 0 Å². The molecule has 1 heterocycles. The smallest absolute Gasteiger partial charge is 0.141 e. The molecule has 0 amide bonds. The average molecular weight is 358 g/mol. The molecule has 2 atom stereocenters. The SMILES string of the molecule is CCC(=O)C1C=CC(Sc2ccccc2C)=CC1(C)N1CCOCC1. The summed E-state index contributed by atoms with van der Waals surface area (Å²) in [5, 5.41) is 0. The summed E-state index contributed by atoms with van der Waals surface area (Å²) in [6, 6.07) is 8.44. The molecule has 2 aliphatic rings. The van der Waals surface area contributed by atoms with E-state index in [1.165, 1.54) is 15.4 Å². The third kappa shape index (κ3) is 3.91. The summed E-state index contributed by atoms with van der Waals surface area (Å²) < 4.78 is 5.53. The first-order chi connectivity index (χ1) is 12.0. The Bertz CT molecular complexity index is 691. The van der Waals surface area contributed by atoms with Crippen molar-refractivity contribution in [3.8, 4) is 0 Å². The van der Waals surface area contributed by atoms with Crippen molar-refractivity contribution in [2.45, 2.75) is 37.6 Å². The number of hydrogen-bond donors (Lipinski definition) is 0. The highest BCUT2D eigenvalue weighted by Crippen LogP contribution is 2.40. The number of aryl methyl sites for hydroxylation is 1. The zero-order valence-electron chi connectivity index (χ0n) is 15.3. The number of thioether (sulfide) groups is 1. The summed E-state index contributed by atoms with van der Waals surface area (Å²) in [7, 11) is 0.